The molecule has 1 fully saturated rings. The van der Waals surface area contributed by atoms with Crippen molar-refractivity contribution in [1.29, 1.82) is 0 Å². The van der Waals surface area contributed by atoms with Crippen molar-refractivity contribution in [1.82, 2.24) is 20.0 Å². The van der Waals surface area contributed by atoms with E-state index in [1.165, 1.54) is 9.21 Å². The van der Waals surface area contributed by atoms with E-state index in [1.54, 1.807) is 42.1 Å². The van der Waals surface area contributed by atoms with E-state index in [9.17, 15) is 22.8 Å². The second-order valence-corrected chi connectivity index (χ2v) is 13.3. The molecule has 1 aliphatic heterocycles. The maximum atomic E-state index is 13.2. The van der Waals surface area contributed by atoms with Crippen LogP contribution in [-0.2, 0) is 10.0 Å². The summed E-state index contributed by atoms with van der Waals surface area (Å²) in [6, 6.07) is 17.7. The van der Waals surface area contributed by atoms with Gasteiger partial charge in [0.05, 0.1) is 34.3 Å². The van der Waals surface area contributed by atoms with Gasteiger partial charge < -0.3 is 5.32 Å². The first-order valence-electron chi connectivity index (χ1n) is 13.6. The van der Waals surface area contributed by atoms with Crippen molar-refractivity contribution < 1.29 is 22.8 Å². The summed E-state index contributed by atoms with van der Waals surface area (Å²) >= 11 is 3.43. The molecule has 0 atom stereocenters. The topological polar surface area (TPSA) is 122 Å². The van der Waals surface area contributed by atoms with E-state index < -0.39 is 10.0 Å². The molecule has 3 aromatic carbocycles. The van der Waals surface area contributed by atoms with Gasteiger partial charge in [0.2, 0.25) is 10.0 Å². The number of aromatic nitrogens is 2. The minimum absolute atomic E-state index is 0.0627. The van der Waals surface area contributed by atoms with E-state index in [0.29, 0.717) is 39.1 Å². The zero-order chi connectivity index (χ0) is 29.8. The molecule has 0 radical (unpaired) electrons. The molecule has 42 heavy (non-hydrogen) atoms. The number of nitrogens with zero attached hydrogens (tertiary/aromatic N) is 4. The highest BCUT2D eigenvalue weighted by molar-refractivity contribution is 9.10. The number of rotatable bonds is 9. The van der Waals surface area contributed by atoms with E-state index in [1.807, 2.05) is 30.3 Å². The number of anilines is 1. The Morgan fingerprint density at radius 2 is 1.69 bits per heavy atom. The second kappa shape index (κ2) is 10.7. The zero-order valence-electron chi connectivity index (χ0n) is 23.0. The van der Waals surface area contributed by atoms with Crippen molar-refractivity contribution in [2.75, 3.05) is 30.7 Å². The summed E-state index contributed by atoms with van der Waals surface area (Å²) in [6.45, 7) is 0.144. The predicted molar refractivity (Wildman–Crippen MR) is 163 cm³/mol. The molecule has 4 aromatic rings. The molecule has 216 valence electrons. The van der Waals surface area contributed by atoms with Gasteiger partial charge in [-0.2, -0.15) is 5.10 Å². The Kier molecular flexibility index (Phi) is 7.14. The fourth-order valence-corrected chi connectivity index (χ4v) is 6.70. The van der Waals surface area contributed by atoms with Gasteiger partial charge in [0.1, 0.15) is 5.69 Å². The molecule has 3 amide bonds. The lowest BCUT2D eigenvalue weighted by Gasteiger charge is -2.26. The van der Waals surface area contributed by atoms with Gasteiger partial charge in [-0.3, -0.25) is 23.6 Å². The largest absolute Gasteiger partial charge is 0.354 e. The maximum absolute atomic E-state index is 13.2. The van der Waals surface area contributed by atoms with Crippen LogP contribution in [0.5, 0.6) is 0 Å². The Labute approximate surface area is 251 Å². The van der Waals surface area contributed by atoms with Gasteiger partial charge in [-0.15, -0.1) is 0 Å². The number of hydrogen-bond donors (Lipinski definition) is 1. The summed E-state index contributed by atoms with van der Waals surface area (Å²) in [7, 11) is -2.19. The number of hydrogen-bond acceptors (Lipinski definition) is 6. The number of sulfonamides is 1. The van der Waals surface area contributed by atoms with Gasteiger partial charge in [0.15, 0.2) is 0 Å². The molecule has 6 rings (SSSR count). The molecule has 0 unspecified atom stereocenters. The first-order chi connectivity index (χ1) is 20.1. The molecule has 1 aromatic heterocycles. The van der Waals surface area contributed by atoms with E-state index in [-0.39, 0.29) is 43.1 Å². The van der Waals surface area contributed by atoms with Crippen LogP contribution >= 0.6 is 15.9 Å². The van der Waals surface area contributed by atoms with Gasteiger partial charge in [0.25, 0.3) is 17.7 Å². The lowest BCUT2D eigenvalue weighted by molar-refractivity contribution is 0.0653. The highest BCUT2D eigenvalue weighted by atomic mass is 79.9. The van der Waals surface area contributed by atoms with Gasteiger partial charge >= 0.3 is 0 Å². The summed E-state index contributed by atoms with van der Waals surface area (Å²) in [5, 5.41) is 8.06. The lowest BCUT2D eigenvalue weighted by Crippen LogP contribution is -2.36. The van der Waals surface area contributed by atoms with Crippen molar-refractivity contribution in [3.8, 4) is 5.69 Å². The maximum Gasteiger partial charge on any atom is 0.270 e. The van der Waals surface area contributed by atoms with Crippen molar-refractivity contribution in [2.45, 2.75) is 25.2 Å². The fraction of sp³-hybridized carbons (Fsp3) is 0.267. The average molecular weight is 651 g/mol. The summed E-state index contributed by atoms with van der Waals surface area (Å²) in [5.41, 5.74) is 3.57. The first kappa shape index (κ1) is 28.1. The molecule has 0 saturated heterocycles. The Bertz CT molecular complexity index is 1830. The first-order valence-corrected chi connectivity index (χ1v) is 16.2. The third-order valence-electron chi connectivity index (χ3n) is 7.64. The van der Waals surface area contributed by atoms with Crippen LogP contribution in [0.4, 0.5) is 5.69 Å². The number of carbonyl (C=O) groups is 3. The molecule has 12 heteroatoms. The molecule has 2 aliphatic rings. The molecular weight excluding hydrogens is 622 g/mol. The predicted octanol–water partition coefficient (Wildman–Crippen LogP) is 4.48. The van der Waals surface area contributed by atoms with E-state index in [0.717, 1.165) is 29.1 Å². The quantitative estimate of drug-likeness (QED) is 0.267. The van der Waals surface area contributed by atoms with Crippen LogP contribution in [0.3, 0.4) is 0 Å². The average Bonchev–Trinajstić information content (AvgIpc) is 3.71. The third-order valence-corrected chi connectivity index (χ3v) is 9.35. The van der Waals surface area contributed by atoms with Crippen molar-refractivity contribution in [3.63, 3.8) is 0 Å². The van der Waals surface area contributed by atoms with E-state index in [4.69, 9.17) is 5.10 Å². The summed E-state index contributed by atoms with van der Waals surface area (Å²) < 4.78 is 30.1. The highest BCUT2D eigenvalue weighted by Crippen LogP contribution is 2.46. The molecular formula is C30H28BrN5O5S. The fourth-order valence-electron chi connectivity index (χ4n) is 5.46. The number of amides is 3. The third kappa shape index (κ3) is 4.98. The van der Waals surface area contributed by atoms with Gasteiger partial charge in [-0.25, -0.2) is 13.1 Å². The summed E-state index contributed by atoms with van der Waals surface area (Å²) in [6.07, 6.45) is 3.20. The van der Waals surface area contributed by atoms with Gasteiger partial charge in [0, 0.05) is 30.0 Å². The lowest BCUT2D eigenvalue weighted by atomic mass is 10.0. The Hall–Kier alpha value is -4.03. The molecule has 0 bridgehead atoms. The number of nitrogens with one attached hydrogen (secondary N) is 1. The Morgan fingerprint density at radius 1 is 1.05 bits per heavy atom. The number of fused-ring (bicyclic) bond motifs is 2. The zero-order valence-corrected chi connectivity index (χ0v) is 25.4. The Balaban J connectivity index is 1.37. The van der Waals surface area contributed by atoms with Crippen molar-refractivity contribution in [3.05, 3.63) is 87.5 Å². The molecule has 2 heterocycles. The standard InChI is InChI=1S/C30H28BrN5O5S/c1-32-28(37)27-24-16-23(18-8-9-18)26(17-25(24)33-36(27)20-12-10-19(31)11-13-20)35(42(2,40)41)15-5-14-34-29(38)21-6-3-4-7-22(21)30(34)39/h3-4,6-7,10-13,16-18H,5,8-9,14-15H2,1-2H3,(H,32,37). The second-order valence-electron chi connectivity index (χ2n) is 10.5. The number of carbonyl (C=O) groups excluding carboxylic acids is 3. The van der Waals surface area contributed by atoms with Crippen LogP contribution in [-0.4, -0.2) is 67.2 Å². The minimum atomic E-state index is -3.75. The smallest absolute Gasteiger partial charge is 0.270 e. The van der Waals surface area contributed by atoms with Gasteiger partial charge in [-0.05, 0) is 79.3 Å². The summed E-state index contributed by atoms with van der Waals surface area (Å²) in [4.78, 5) is 39.9. The monoisotopic (exact) mass is 649 g/mol. The van der Waals surface area contributed by atoms with Gasteiger partial charge in [-0.1, -0.05) is 28.1 Å². The van der Waals surface area contributed by atoms with E-state index in [2.05, 4.69) is 21.2 Å². The van der Waals surface area contributed by atoms with Crippen molar-refractivity contribution >= 4 is 60.3 Å². The summed E-state index contributed by atoms with van der Waals surface area (Å²) in [5.74, 6) is -0.905. The minimum Gasteiger partial charge on any atom is -0.354 e. The van der Waals surface area contributed by atoms with Crippen LogP contribution in [0.15, 0.2) is 65.1 Å². The highest BCUT2D eigenvalue weighted by Gasteiger charge is 2.36. The van der Waals surface area contributed by atoms with Crippen LogP contribution in [0.25, 0.3) is 16.6 Å². The number of imide groups is 1. The van der Waals surface area contributed by atoms with Crippen LogP contribution in [0, 0.1) is 0 Å². The normalized spacial score (nSPS) is 14.9. The molecule has 1 aliphatic carbocycles. The van der Waals surface area contributed by atoms with Crippen molar-refractivity contribution in [2.24, 2.45) is 0 Å². The number of halogens is 1. The van der Waals surface area contributed by atoms with Crippen LogP contribution in [0.1, 0.15) is 61.9 Å². The van der Waals surface area contributed by atoms with E-state index >= 15 is 0 Å². The molecule has 1 N–H and O–H groups in total. The van der Waals surface area contributed by atoms with Crippen LogP contribution < -0.4 is 9.62 Å². The SMILES string of the molecule is CNC(=O)c1c2cc(C3CC3)c(N(CCCN3C(=O)c4ccccc4C3=O)S(C)(=O)=O)cc2nn1-c1ccc(Br)cc1. The molecule has 0 spiro atoms. The van der Waals surface area contributed by atoms with Crippen LogP contribution in [0.2, 0.25) is 0 Å². The molecule has 10 nitrogen and oxygen atoms in total. The molecule has 1 saturated carbocycles. The number of benzene rings is 3. The Morgan fingerprint density at radius 3 is 2.26 bits per heavy atom.